The van der Waals surface area contributed by atoms with Gasteiger partial charge in [0.25, 0.3) is 0 Å². The Labute approximate surface area is 71.5 Å². The van der Waals surface area contributed by atoms with E-state index in [1.54, 1.807) is 6.20 Å². The summed E-state index contributed by atoms with van der Waals surface area (Å²) in [5.74, 6) is 0.574. The van der Waals surface area contributed by atoms with Gasteiger partial charge in [-0.1, -0.05) is 0 Å². The second kappa shape index (κ2) is 3.60. The first-order valence-corrected chi connectivity index (χ1v) is 3.84. The Kier molecular flexibility index (Phi) is 2.73. The molecule has 0 amide bonds. The van der Waals surface area contributed by atoms with Gasteiger partial charge in [0.2, 0.25) is 0 Å². The fourth-order valence-corrected chi connectivity index (χ4v) is 0.872. The summed E-state index contributed by atoms with van der Waals surface area (Å²) in [6, 6.07) is -0.184. The maximum absolute atomic E-state index is 8.89. The van der Waals surface area contributed by atoms with Crippen LogP contribution >= 0.6 is 0 Å². The number of hydrogen-bond acceptors (Lipinski definition) is 4. The highest BCUT2D eigenvalue weighted by Crippen LogP contribution is 2.07. The summed E-state index contributed by atoms with van der Waals surface area (Å²) in [6.07, 6.45) is 1.68. The van der Waals surface area contributed by atoms with E-state index < -0.39 is 0 Å². The van der Waals surface area contributed by atoms with E-state index in [1.165, 1.54) is 0 Å². The van der Waals surface area contributed by atoms with Crippen LogP contribution in [0.25, 0.3) is 0 Å². The minimum Gasteiger partial charge on any atom is -0.390 e. The maximum atomic E-state index is 8.89. The summed E-state index contributed by atoms with van der Waals surface area (Å²) in [7, 11) is 0. The molecule has 3 N–H and O–H groups in total. The molecule has 0 saturated heterocycles. The number of nitrogens with zero attached hydrogens (tertiary/aromatic N) is 2. The Bertz CT molecular complexity index is 273. The number of hydrogen-bond donors (Lipinski definition) is 2. The van der Waals surface area contributed by atoms with E-state index >= 15 is 0 Å². The van der Waals surface area contributed by atoms with E-state index in [-0.39, 0.29) is 12.6 Å². The molecule has 1 atom stereocenters. The summed E-state index contributed by atoms with van der Waals surface area (Å²) in [5, 5.41) is 8.89. The quantitative estimate of drug-likeness (QED) is 0.664. The number of aliphatic hydroxyl groups excluding tert-OH is 1. The van der Waals surface area contributed by atoms with E-state index in [0.29, 0.717) is 11.5 Å². The molecule has 1 rings (SSSR count). The summed E-state index contributed by atoms with van der Waals surface area (Å²) in [4.78, 5) is 8.14. The van der Waals surface area contributed by atoms with Crippen molar-refractivity contribution in [1.29, 1.82) is 0 Å². The molecular weight excluding hydrogens is 154 g/mol. The molecule has 12 heavy (non-hydrogen) atoms. The number of aliphatic hydroxyl groups is 1. The molecule has 1 unspecified atom stereocenters. The third-order valence-electron chi connectivity index (χ3n) is 1.65. The van der Waals surface area contributed by atoms with Crippen LogP contribution in [0, 0.1) is 6.92 Å². The first-order valence-electron chi connectivity index (χ1n) is 3.84. The minimum absolute atomic E-state index is 0.0614. The highest BCUT2D eigenvalue weighted by atomic mass is 16.3. The van der Waals surface area contributed by atoms with Crippen LogP contribution in [0.1, 0.15) is 30.0 Å². The smallest absolute Gasteiger partial charge is 0.145 e. The molecule has 66 valence electrons. The number of aryl methyl sites for hydroxylation is 1. The predicted octanol–water partition coefficient (Wildman–Crippen LogP) is 0.297. The Morgan fingerprint density at radius 2 is 2.33 bits per heavy atom. The van der Waals surface area contributed by atoms with Crippen molar-refractivity contribution < 1.29 is 5.11 Å². The van der Waals surface area contributed by atoms with Gasteiger partial charge in [-0.2, -0.15) is 0 Å². The molecule has 1 aromatic rings. The Morgan fingerprint density at radius 3 is 2.83 bits per heavy atom. The Balaban J connectivity index is 3.05. The molecule has 1 heterocycles. The lowest BCUT2D eigenvalue weighted by atomic mass is 10.2. The lowest BCUT2D eigenvalue weighted by Gasteiger charge is -2.06. The zero-order chi connectivity index (χ0) is 9.14. The van der Waals surface area contributed by atoms with Crippen LogP contribution in [-0.2, 0) is 6.61 Å². The molecule has 0 radical (unpaired) electrons. The topological polar surface area (TPSA) is 72.0 Å². The van der Waals surface area contributed by atoms with E-state index in [1.807, 2.05) is 13.8 Å². The molecule has 0 saturated carbocycles. The van der Waals surface area contributed by atoms with Crippen molar-refractivity contribution in [3.8, 4) is 0 Å². The van der Waals surface area contributed by atoms with Gasteiger partial charge in [-0.15, -0.1) is 0 Å². The number of rotatable bonds is 2. The van der Waals surface area contributed by atoms with E-state index in [9.17, 15) is 0 Å². The van der Waals surface area contributed by atoms with Gasteiger partial charge in [0, 0.05) is 6.20 Å². The highest BCUT2D eigenvalue weighted by Gasteiger charge is 2.05. The molecule has 0 aromatic carbocycles. The van der Waals surface area contributed by atoms with E-state index in [2.05, 4.69) is 9.97 Å². The maximum Gasteiger partial charge on any atom is 0.145 e. The van der Waals surface area contributed by atoms with Gasteiger partial charge in [-0.05, 0) is 19.4 Å². The van der Waals surface area contributed by atoms with Gasteiger partial charge in [-0.3, -0.25) is 0 Å². The molecule has 0 aliphatic rings. The van der Waals surface area contributed by atoms with Crippen molar-refractivity contribution in [3.63, 3.8) is 0 Å². The van der Waals surface area contributed by atoms with Crippen LogP contribution in [0.3, 0.4) is 0 Å². The summed E-state index contributed by atoms with van der Waals surface area (Å²) < 4.78 is 0. The van der Waals surface area contributed by atoms with Gasteiger partial charge in [-0.25, -0.2) is 9.97 Å². The fraction of sp³-hybridized carbons (Fsp3) is 0.500. The van der Waals surface area contributed by atoms with Crippen molar-refractivity contribution in [2.75, 3.05) is 0 Å². The van der Waals surface area contributed by atoms with Crippen LogP contribution < -0.4 is 5.73 Å². The zero-order valence-corrected chi connectivity index (χ0v) is 7.28. The fourth-order valence-electron chi connectivity index (χ4n) is 0.872. The minimum atomic E-state index is -0.184. The second-order valence-electron chi connectivity index (χ2n) is 2.80. The lowest BCUT2D eigenvalue weighted by Crippen LogP contribution is -2.11. The molecule has 4 nitrogen and oxygen atoms in total. The van der Waals surface area contributed by atoms with Crippen molar-refractivity contribution >= 4 is 0 Å². The molecule has 1 aromatic heterocycles. The molecule has 0 fully saturated rings. The van der Waals surface area contributed by atoms with Crippen LogP contribution in [0.15, 0.2) is 6.20 Å². The van der Waals surface area contributed by atoms with Crippen molar-refractivity contribution in [2.45, 2.75) is 26.5 Å². The number of aromatic nitrogens is 2. The summed E-state index contributed by atoms with van der Waals surface area (Å²) in [6.45, 7) is 3.61. The second-order valence-corrected chi connectivity index (χ2v) is 2.80. The Hall–Kier alpha value is -1.00. The normalized spacial score (nSPS) is 13.0. The Morgan fingerprint density at radius 1 is 1.67 bits per heavy atom. The van der Waals surface area contributed by atoms with E-state index in [4.69, 9.17) is 10.8 Å². The van der Waals surface area contributed by atoms with Crippen molar-refractivity contribution in [1.82, 2.24) is 9.97 Å². The molecule has 0 aliphatic heterocycles. The highest BCUT2D eigenvalue weighted by molar-refractivity contribution is 5.15. The summed E-state index contributed by atoms with van der Waals surface area (Å²) >= 11 is 0. The zero-order valence-electron chi connectivity index (χ0n) is 7.28. The molecule has 0 aliphatic carbocycles. The first-order chi connectivity index (χ1) is 5.65. The van der Waals surface area contributed by atoms with Crippen molar-refractivity contribution in [3.05, 3.63) is 23.3 Å². The van der Waals surface area contributed by atoms with Gasteiger partial charge in [0.05, 0.1) is 18.3 Å². The first kappa shape index (κ1) is 9.09. The average Bonchev–Trinajstić information content (AvgIpc) is 2.05. The largest absolute Gasteiger partial charge is 0.390 e. The van der Waals surface area contributed by atoms with Gasteiger partial charge < -0.3 is 10.8 Å². The SMILES string of the molecule is Cc1cnc(C(C)N)nc1CO. The van der Waals surface area contributed by atoms with Gasteiger partial charge in [0.15, 0.2) is 0 Å². The van der Waals surface area contributed by atoms with Crippen molar-refractivity contribution in [2.24, 2.45) is 5.73 Å². The van der Waals surface area contributed by atoms with Gasteiger partial charge >= 0.3 is 0 Å². The standard InChI is InChI=1S/C8H13N3O/c1-5-3-10-8(6(2)9)11-7(5)4-12/h3,6,12H,4,9H2,1-2H3. The number of nitrogens with two attached hydrogens (primary N) is 1. The molecule has 4 heteroatoms. The van der Waals surface area contributed by atoms with Gasteiger partial charge in [0.1, 0.15) is 5.82 Å². The van der Waals surface area contributed by atoms with E-state index in [0.717, 1.165) is 5.56 Å². The molecular formula is C8H13N3O. The predicted molar refractivity (Wildman–Crippen MR) is 45.3 cm³/mol. The summed E-state index contributed by atoms with van der Waals surface area (Å²) in [5.41, 5.74) is 7.12. The molecule has 0 spiro atoms. The third-order valence-corrected chi connectivity index (χ3v) is 1.65. The molecule has 0 bridgehead atoms. The third kappa shape index (κ3) is 1.78. The van der Waals surface area contributed by atoms with Crippen LogP contribution in [0.4, 0.5) is 0 Å². The lowest BCUT2D eigenvalue weighted by molar-refractivity contribution is 0.275. The van der Waals surface area contributed by atoms with Crippen LogP contribution in [0.2, 0.25) is 0 Å². The monoisotopic (exact) mass is 167 g/mol. The van der Waals surface area contributed by atoms with Crippen LogP contribution in [0.5, 0.6) is 0 Å². The van der Waals surface area contributed by atoms with Crippen LogP contribution in [-0.4, -0.2) is 15.1 Å². The average molecular weight is 167 g/mol.